The van der Waals surface area contributed by atoms with Crippen LogP contribution in [0.25, 0.3) is 0 Å². The first kappa shape index (κ1) is 20.1. The van der Waals surface area contributed by atoms with E-state index in [0.29, 0.717) is 24.2 Å². The summed E-state index contributed by atoms with van der Waals surface area (Å²) in [4.78, 5) is 20.9. The van der Waals surface area contributed by atoms with Crippen LogP contribution in [0.3, 0.4) is 0 Å². The minimum Gasteiger partial charge on any atom is -0.497 e. The highest BCUT2D eigenvalue weighted by Crippen LogP contribution is 2.20. The van der Waals surface area contributed by atoms with Crippen molar-refractivity contribution in [1.82, 2.24) is 9.97 Å². The van der Waals surface area contributed by atoms with Crippen molar-refractivity contribution in [2.75, 3.05) is 12.4 Å². The zero-order valence-corrected chi connectivity index (χ0v) is 15.9. The third-order valence-electron chi connectivity index (χ3n) is 4.50. The first-order valence-corrected chi connectivity index (χ1v) is 9.12. The molecule has 3 rings (SSSR count). The zero-order chi connectivity index (χ0) is 20.6. The number of hydrogen-bond donors (Lipinski definition) is 2. The number of nitrogens with one attached hydrogen (secondary N) is 2. The van der Waals surface area contributed by atoms with Gasteiger partial charge in [-0.05, 0) is 66.4 Å². The number of benzene rings is 2. The number of hydrogen-bond acceptors (Lipinski definition) is 5. The van der Waals surface area contributed by atoms with Crippen LogP contribution < -0.4 is 10.1 Å². The first-order valence-electron chi connectivity index (χ1n) is 9.12. The number of ether oxygens (including phenoxy) is 1. The van der Waals surface area contributed by atoms with Crippen LogP contribution in [0.15, 0.2) is 67.0 Å². The summed E-state index contributed by atoms with van der Waals surface area (Å²) in [5, 5.41) is 11.3. The van der Waals surface area contributed by atoms with Gasteiger partial charge in [0.15, 0.2) is 0 Å². The molecule has 6 nitrogen and oxygen atoms in total. The monoisotopic (exact) mass is 392 g/mol. The van der Waals surface area contributed by atoms with E-state index in [9.17, 15) is 9.18 Å². The predicted molar refractivity (Wildman–Crippen MR) is 109 cm³/mol. The summed E-state index contributed by atoms with van der Waals surface area (Å²) in [6.45, 7) is 0. The van der Waals surface area contributed by atoms with Crippen molar-refractivity contribution in [1.29, 1.82) is 5.41 Å². The van der Waals surface area contributed by atoms with E-state index in [0.717, 1.165) is 5.56 Å². The van der Waals surface area contributed by atoms with Gasteiger partial charge in [0.1, 0.15) is 11.6 Å². The number of anilines is 1. The minimum absolute atomic E-state index is 0.184. The molecular formula is C22H21FN4O2. The van der Waals surface area contributed by atoms with Crippen LogP contribution in [0.1, 0.15) is 17.5 Å². The van der Waals surface area contributed by atoms with Gasteiger partial charge in [-0.1, -0.05) is 12.1 Å². The fourth-order valence-electron chi connectivity index (χ4n) is 2.90. The molecule has 0 aliphatic carbocycles. The van der Waals surface area contributed by atoms with Crippen LogP contribution in [0.5, 0.6) is 5.75 Å². The summed E-state index contributed by atoms with van der Waals surface area (Å²) in [6, 6.07) is 14.8. The van der Waals surface area contributed by atoms with Crippen molar-refractivity contribution in [2.24, 2.45) is 5.92 Å². The Morgan fingerprint density at radius 3 is 2.38 bits per heavy atom. The van der Waals surface area contributed by atoms with Gasteiger partial charge in [0.05, 0.1) is 18.7 Å². The molecule has 0 bridgehead atoms. The van der Waals surface area contributed by atoms with Crippen molar-refractivity contribution < 1.29 is 13.9 Å². The molecule has 2 aromatic carbocycles. The molecule has 0 spiro atoms. The number of methoxy groups -OCH3 is 1. The number of carbonyl (C=O) groups is 1. The van der Waals surface area contributed by atoms with E-state index < -0.39 is 5.92 Å². The molecule has 0 radical (unpaired) electrons. The lowest BCUT2D eigenvalue weighted by molar-refractivity contribution is -0.118. The molecule has 1 amide bonds. The number of aryl methyl sites for hydroxylation is 1. The second kappa shape index (κ2) is 9.54. The predicted octanol–water partition coefficient (Wildman–Crippen LogP) is 3.88. The Kier molecular flexibility index (Phi) is 6.63. The Morgan fingerprint density at radius 2 is 1.76 bits per heavy atom. The van der Waals surface area contributed by atoms with Crippen LogP contribution in [0.2, 0.25) is 0 Å². The van der Waals surface area contributed by atoms with Crippen LogP contribution in [-0.2, 0) is 11.2 Å². The van der Waals surface area contributed by atoms with Gasteiger partial charge in [-0.2, -0.15) is 0 Å². The molecule has 1 atom stereocenters. The fraction of sp³-hybridized carbons (Fsp3) is 0.182. The Balaban J connectivity index is 1.79. The molecule has 29 heavy (non-hydrogen) atoms. The van der Waals surface area contributed by atoms with Gasteiger partial charge < -0.3 is 10.1 Å². The second-order valence-electron chi connectivity index (χ2n) is 6.42. The third kappa shape index (κ3) is 5.44. The number of carbonyl (C=O) groups excluding carboxylic acids is 1. The first-order chi connectivity index (χ1) is 14.1. The summed E-state index contributed by atoms with van der Waals surface area (Å²) < 4.78 is 18.3. The molecule has 2 N–H and O–H groups in total. The zero-order valence-electron chi connectivity index (χ0n) is 15.9. The largest absolute Gasteiger partial charge is 0.497 e. The van der Waals surface area contributed by atoms with Gasteiger partial charge >= 0.3 is 0 Å². The molecule has 0 saturated carbocycles. The van der Waals surface area contributed by atoms with Crippen molar-refractivity contribution in [3.63, 3.8) is 0 Å². The summed E-state index contributed by atoms with van der Waals surface area (Å²) in [7, 11) is 1.57. The van der Waals surface area contributed by atoms with Gasteiger partial charge in [0, 0.05) is 12.4 Å². The van der Waals surface area contributed by atoms with Gasteiger partial charge in [-0.25, -0.2) is 14.4 Å². The van der Waals surface area contributed by atoms with Crippen molar-refractivity contribution in [3.8, 4) is 5.75 Å². The van der Waals surface area contributed by atoms with E-state index in [4.69, 9.17) is 10.1 Å². The maximum absolute atomic E-state index is 13.1. The maximum atomic E-state index is 13.1. The third-order valence-corrected chi connectivity index (χ3v) is 4.50. The van der Waals surface area contributed by atoms with E-state index in [-0.39, 0.29) is 23.4 Å². The molecule has 1 unspecified atom stereocenters. The van der Waals surface area contributed by atoms with E-state index in [2.05, 4.69) is 15.3 Å². The van der Waals surface area contributed by atoms with Crippen molar-refractivity contribution >= 4 is 17.6 Å². The van der Waals surface area contributed by atoms with Crippen LogP contribution in [0, 0.1) is 17.1 Å². The topological polar surface area (TPSA) is 88.0 Å². The summed E-state index contributed by atoms with van der Waals surface area (Å²) in [5.74, 6) is -0.537. The molecule has 1 aromatic heterocycles. The number of halogens is 1. The lowest BCUT2D eigenvalue weighted by atomic mass is 9.90. The fourth-order valence-corrected chi connectivity index (χ4v) is 2.90. The van der Waals surface area contributed by atoms with Crippen LogP contribution in [0.4, 0.5) is 10.3 Å². The second-order valence-corrected chi connectivity index (χ2v) is 6.42. The SMILES string of the molecule is COc1ccc(C(=N)C(CCc2ccc(F)cc2)C(=O)Nc2ncccn2)cc1. The van der Waals surface area contributed by atoms with E-state index in [1.165, 1.54) is 24.5 Å². The standard InChI is InChI=1S/C22H21FN4O2/c1-29-18-10-6-16(7-11-18)20(24)19(12-5-15-3-8-17(23)9-4-15)21(28)27-22-25-13-2-14-26-22/h2-4,6-11,13-14,19,24H,5,12H2,1H3,(H,25,26,27,28). The summed E-state index contributed by atoms with van der Waals surface area (Å²) in [5.41, 5.74) is 1.70. The normalized spacial score (nSPS) is 11.5. The van der Waals surface area contributed by atoms with E-state index in [1.807, 2.05) is 0 Å². The van der Waals surface area contributed by atoms with E-state index >= 15 is 0 Å². The van der Waals surface area contributed by atoms with Crippen molar-refractivity contribution in [2.45, 2.75) is 12.8 Å². The van der Waals surface area contributed by atoms with Gasteiger partial charge in [0.2, 0.25) is 11.9 Å². The molecule has 0 aliphatic heterocycles. The quantitative estimate of drug-likeness (QED) is 0.570. The number of aromatic nitrogens is 2. The smallest absolute Gasteiger partial charge is 0.235 e. The average molecular weight is 392 g/mol. The summed E-state index contributed by atoms with van der Waals surface area (Å²) >= 11 is 0. The molecule has 3 aromatic rings. The van der Waals surface area contributed by atoms with Gasteiger partial charge in [0.25, 0.3) is 0 Å². The molecule has 1 heterocycles. The lowest BCUT2D eigenvalue weighted by Gasteiger charge is -2.18. The maximum Gasteiger partial charge on any atom is 0.235 e. The molecule has 0 aliphatic rings. The summed E-state index contributed by atoms with van der Waals surface area (Å²) in [6.07, 6.45) is 3.97. The lowest BCUT2D eigenvalue weighted by Crippen LogP contribution is -2.31. The van der Waals surface area contributed by atoms with E-state index in [1.54, 1.807) is 49.6 Å². The highest BCUT2D eigenvalue weighted by Gasteiger charge is 2.25. The molecule has 148 valence electrons. The Hall–Kier alpha value is -3.61. The van der Waals surface area contributed by atoms with Gasteiger partial charge in [-0.3, -0.25) is 10.1 Å². The van der Waals surface area contributed by atoms with Crippen molar-refractivity contribution in [3.05, 3.63) is 83.9 Å². The molecule has 0 fully saturated rings. The Morgan fingerprint density at radius 1 is 1.10 bits per heavy atom. The van der Waals surface area contributed by atoms with Gasteiger partial charge in [-0.15, -0.1) is 0 Å². The number of amides is 1. The number of nitrogens with zero attached hydrogens (tertiary/aromatic N) is 2. The van der Waals surface area contributed by atoms with Crippen LogP contribution in [-0.4, -0.2) is 28.7 Å². The molecule has 0 saturated heterocycles. The molecular weight excluding hydrogens is 371 g/mol. The molecule has 7 heteroatoms. The van der Waals surface area contributed by atoms with Crippen LogP contribution >= 0.6 is 0 Å². The Bertz CT molecular complexity index is 960. The average Bonchev–Trinajstić information content (AvgIpc) is 2.76. The Labute approximate surface area is 168 Å². The minimum atomic E-state index is -0.725. The number of rotatable bonds is 8. The highest BCUT2D eigenvalue weighted by molar-refractivity contribution is 6.14. The highest BCUT2D eigenvalue weighted by atomic mass is 19.1.